The highest BCUT2D eigenvalue weighted by atomic mass is 31.2. The predicted molar refractivity (Wildman–Crippen MR) is 76.5 cm³/mol. The Hall–Kier alpha value is 0.900. The Labute approximate surface area is 158 Å². The van der Waals surface area contributed by atoms with Gasteiger partial charge in [0.2, 0.25) is 0 Å². The van der Waals surface area contributed by atoms with Crippen LogP contribution >= 0.6 is 53.1 Å². The van der Waals surface area contributed by atoms with Crippen LogP contribution in [-0.2, 0) is 0 Å². The van der Waals surface area contributed by atoms with Gasteiger partial charge in [0, 0.05) is 0 Å². The zero-order valence-electron chi connectivity index (χ0n) is 11.9. The van der Waals surface area contributed by atoms with Gasteiger partial charge < -0.3 is 0 Å². The van der Waals surface area contributed by atoms with Crippen molar-refractivity contribution in [3.63, 3.8) is 0 Å². The van der Waals surface area contributed by atoms with Crippen molar-refractivity contribution in [2.24, 2.45) is 0 Å². The predicted octanol–water partition coefficient (Wildman–Crippen LogP) is 13.6. The van der Waals surface area contributed by atoms with Crippen LogP contribution in [0.25, 0.3) is 0 Å². The van der Waals surface area contributed by atoms with E-state index in [-0.39, 0.29) is 28.2 Å². The number of rotatable bonds is 0. The molecule has 0 amide bonds. The maximum atomic E-state index is 9.73. The van der Waals surface area contributed by atoms with Crippen LogP contribution in [0.3, 0.4) is 0 Å². The van der Waals surface area contributed by atoms with Crippen molar-refractivity contribution in [2.75, 3.05) is 0 Å². The summed E-state index contributed by atoms with van der Waals surface area (Å²) in [6.45, 7) is 0. The summed E-state index contributed by atoms with van der Waals surface area (Å²) in [6, 6.07) is 0. The molecule has 204 valence electrons. The molecule has 0 heterocycles. The normalized spacial score (nSPS) is 7.20. The first-order valence-corrected chi connectivity index (χ1v) is 9.13. The van der Waals surface area contributed by atoms with E-state index in [4.69, 9.17) is 0 Å². The Bertz CT molecular complexity index is 96.7. The molecule has 0 N–H and O–H groups in total. The van der Waals surface area contributed by atoms with Gasteiger partial charge in [-0.1, -0.05) is 0 Å². The van der Waals surface area contributed by atoms with E-state index < -0.39 is 53.1 Å². The lowest BCUT2D eigenvalue weighted by molar-refractivity contribution is 0.631. The van der Waals surface area contributed by atoms with Gasteiger partial charge in [-0.15, -0.1) is 0 Å². The van der Waals surface area contributed by atoms with Gasteiger partial charge in [0.15, 0.2) is 0 Å². The maximum Gasteiger partial charge on any atom is 0.456 e. The molecular weight excluding hydrogens is 642 g/mol. The zero-order valence-corrected chi connectivity index (χ0v) is 17.3. The van der Waals surface area contributed by atoms with E-state index in [1.807, 2.05) is 0 Å². The second kappa shape index (κ2) is 69.9. The SMILES string of the molecule is F.F.F.F.F.F.FP(F)F.FP(F)F.FP(F)F.FP(F)F.FP(F)F.FP(F)F. The third-order valence-corrected chi connectivity index (χ3v) is 0. The minimum atomic E-state index is -4.12. The molecule has 0 aliphatic heterocycles. The third kappa shape index (κ3) is 27800. The van der Waals surface area contributed by atoms with Gasteiger partial charge in [-0.05, 0) is 0 Å². The first-order valence-electron chi connectivity index (χ1n) is 3.04. The van der Waals surface area contributed by atoms with Gasteiger partial charge in [0.1, 0.15) is 0 Å². The monoisotopic (exact) mass is 648 g/mol. The lowest BCUT2D eigenvalue weighted by Gasteiger charge is -1.61. The minimum Gasteiger partial charge on any atom is -0.269 e. The summed E-state index contributed by atoms with van der Waals surface area (Å²) in [5.74, 6) is 0. The average molecular weight is 648 g/mol. The van der Waals surface area contributed by atoms with Crippen molar-refractivity contribution in [1.29, 1.82) is 0 Å². The molecule has 0 saturated carbocycles. The first kappa shape index (κ1) is 77.3. The minimum absolute atomic E-state index is 0. The molecule has 0 aromatic heterocycles. The largest absolute Gasteiger partial charge is 0.456 e. The summed E-state index contributed by atoms with van der Waals surface area (Å²) >= 11 is 0. The summed E-state index contributed by atoms with van der Waals surface area (Å²) < 4.78 is 175. The Morgan fingerprint density at radius 3 is 0.167 bits per heavy atom. The molecule has 0 atom stereocenters. The number of hydrogen-bond donors (Lipinski definition) is 0. The van der Waals surface area contributed by atoms with Gasteiger partial charge in [-0.2, -0.15) is 75.5 Å². The summed E-state index contributed by atoms with van der Waals surface area (Å²) in [7, 11) is -24.7. The molecule has 0 aromatic carbocycles. The Balaban J connectivity index is -0.0000000125. The molecule has 0 spiro atoms. The summed E-state index contributed by atoms with van der Waals surface area (Å²) in [5, 5.41) is 0. The van der Waals surface area contributed by atoms with Crippen molar-refractivity contribution >= 4 is 53.1 Å². The van der Waals surface area contributed by atoms with Crippen molar-refractivity contribution in [1.82, 2.24) is 0 Å². The van der Waals surface area contributed by atoms with Crippen molar-refractivity contribution in [3.05, 3.63) is 0 Å². The van der Waals surface area contributed by atoms with Gasteiger partial charge in [0.05, 0.1) is 0 Å². The second-order valence-electron chi connectivity index (χ2n) is 1.15. The molecule has 0 rings (SSSR count). The van der Waals surface area contributed by atoms with E-state index >= 15 is 0 Å². The summed E-state index contributed by atoms with van der Waals surface area (Å²) in [4.78, 5) is 0. The number of halogens is 24. The van der Waals surface area contributed by atoms with Gasteiger partial charge >= 0.3 is 53.1 Å². The molecular formula is H6F24P6. The van der Waals surface area contributed by atoms with Crippen LogP contribution in [0.5, 0.6) is 0 Å². The van der Waals surface area contributed by atoms with Crippen LogP contribution in [0.15, 0.2) is 0 Å². The topological polar surface area (TPSA) is 0 Å². The summed E-state index contributed by atoms with van der Waals surface area (Å²) in [5.41, 5.74) is 0. The standard InChI is InChI=1S/6F3P.6FH/c6*1-4(2)3;;;;;;/h;;;;;;6*1H. The maximum absolute atomic E-state index is 9.73. The van der Waals surface area contributed by atoms with Crippen LogP contribution in [0, 0.1) is 0 Å². The lowest BCUT2D eigenvalue weighted by Crippen LogP contribution is -1.10. The molecule has 0 aliphatic carbocycles. The molecule has 0 nitrogen and oxygen atoms in total. The molecule has 0 radical (unpaired) electrons. The fourth-order valence-corrected chi connectivity index (χ4v) is 0. The van der Waals surface area contributed by atoms with E-state index in [0.29, 0.717) is 0 Å². The Kier molecular flexibility index (Phi) is 180. The fraction of sp³-hybridized carbons (Fsp3) is 0. The molecule has 0 unspecified atom stereocenters. The van der Waals surface area contributed by atoms with E-state index in [9.17, 15) is 75.5 Å². The highest BCUT2D eigenvalue weighted by Crippen LogP contribution is 2.41. The summed E-state index contributed by atoms with van der Waals surface area (Å²) in [6.07, 6.45) is 0. The van der Waals surface area contributed by atoms with Crippen LogP contribution < -0.4 is 0 Å². The van der Waals surface area contributed by atoms with Crippen molar-refractivity contribution in [2.45, 2.75) is 0 Å². The average Bonchev–Trinajstić information content (AvgIpc) is 2.08. The van der Waals surface area contributed by atoms with Crippen LogP contribution in [0.2, 0.25) is 0 Å². The molecule has 30 heteroatoms. The molecule has 0 bridgehead atoms. The van der Waals surface area contributed by atoms with E-state index in [1.54, 1.807) is 0 Å². The Morgan fingerprint density at radius 2 is 0.167 bits per heavy atom. The lowest BCUT2D eigenvalue weighted by atomic mass is 18.8. The highest BCUT2D eigenvalue weighted by molar-refractivity contribution is 7.41. The fourth-order valence-electron chi connectivity index (χ4n) is 0. The molecule has 0 fully saturated rings. The van der Waals surface area contributed by atoms with Gasteiger partial charge in [-0.3, -0.25) is 28.2 Å². The van der Waals surface area contributed by atoms with Gasteiger partial charge in [-0.25, -0.2) is 0 Å². The molecule has 0 aromatic rings. The van der Waals surface area contributed by atoms with Crippen molar-refractivity contribution in [3.8, 4) is 0 Å². The van der Waals surface area contributed by atoms with Crippen LogP contribution in [-0.4, -0.2) is 0 Å². The quantitative estimate of drug-likeness (QED) is 0.181. The van der Waals surface area contributed by atoms with Gasteiger partial charge in [0.25, 0.3) is 0 Å². The van der Waals surface area contributed by atoms with Crippen molar-refractivity contribution < 1.29 is 104 Å². The smallest absolute Gasteiger partial charge is 0.269 e. The van der Waals surface area contributed by atoms with Crippen LogP contribution in [0.4, 0.5) is 104 Å². The molecule has 0 saturated heterocycles. The highest BCUT2D eigenvalue weighted by Gasteiger charge is 1.93. The van der Waals surface area contributed by atoms with E-state index in [0.717, 1.165) is 0 Å². The van der Waals surface area contributed by atoms with Crippen LogP contribution in [0.1, 0.15) is 0 Å². The first-order chi connectivity index (χ1) is 10.4. The zero-order chi connectivity index (χ0) is 21.5. The number of hydrogen-bond acceptors (Lipinski definition) is 0. The molecule has 30 heavy (non-hydrogen) atoms. The van der Waals surface area contributed by atoms with E-state index in [2.05, 4.69) is 0 Å². The third-order valence-electron chi connectivity index (χ3n) is 0. The molecule has 0 aliphatic rings. The van der Waals surface area contributed by atoms with E-state index in [1.165, 1.54) is 0 Å². The second-order valence-corrected chi connectivity index (χ2v) is 3.45. The Morgan fingerprint density at radius 1 is 0.167 bits per heavy atom.